The van der Waals surface area contributed by atoms with Crippen LogP contribution in [0.2, 0.25) is 0 Å². The molecule has 0 radical (unpaired) electrons. The Morgan fingerprint density at radius 3 is 2.50 bits per heavy atom. The maximum absolute atomic E-state index is 9.20. The summed E-state index contributed by atoms with van der Waals surface area (Å²) in [5.41, 5.74) is 1.34. The van der Waals surface area contributed by atoms with Crippen molar-refractivity contribution in [2.24, 2.45) is 0 Å². The summed E-state index contributed by atoms with van der Waals surface area (Å²) in [6.07, 6.45) is 0. The lowest BCUT2D eigenvalue weighted by Crippen LogP contribution is -2.39. The minimum Gasteiger partial charge on any atom is -0.395 e. The van der Waals surface area contributed by atoms with Crippen LogP contribution in [0.25, 0.3) is 0 Å². The van der Waals surface area contributed by atoms with Crippen LogP contribution in [0, 0.1) is 0 Å². The van der Waals surface area contributed by atoms with Gasteiger partial charge >= 0.3 is 0 Å². The van der Waals surface area contributed by atoms with E-state index in [2.05, 4.69) is 43.4 Å². The molecule has 1 rings (SSSR count). The first-order valence-corrected chi connectivity index (χ1v) is 6.86. The fraction of sp³-hybridized carbons (Fsp3) is 0.538. The number of aliphatic hydroxyl groups is 1. The molecule has 0 amide bonds. The molecule has 0 aliphatic carbocycles. The highest BCUT2D eigenvalue weighted by Crippen LogP contribution is 2.12. The van der Waals surface area contributed by atoms with Crippen LogP contribution < -0.4 is 5.32 Å². The molecular weight excluding hydrogens is 218 g/mol. The summed E-state index contributed by atoms with van der Waals surface area (Å²) in [7, 11) is 0. The van der Waals surface area contributed by atoms with Gasteiger partial charge in [-0.2, -0.15) is 11.8 Å². The van der Waals surface area contributed by atoms with E-state index >= 15 is 0 Å². The fourth-order valence-electron chi connectivity index (χ4n) is 1.52. The summed E-state index contributed by atoms with van der Waals surface area (Å²) in [5.74, 6) is 1.96. The van der Waals surface area contributed by atoms with Gasteiger partial charge in [0.15, 0.2) is 0 Å². The maximum atomic E-state index is 9.20. The lowest BCUT2D eigenvalue weighted by Gasteiger charge is -2.18. The standard InChI is InChI=1S/C13H21NOS/c1-11(2)14-13(8-15)10-16-9-12-6-4-3-5-7-12/h3-7,11,13-15H,8-10H2,1-2H3. The van der Waals surface area contributed by atoms with E-state index in [0.29, 0.717) is 6.04 Å². The van der Waals surface area contributed by atoms with Crippen molar-refractivity contribution in [1.29, 1.82) is 0 Å². The molecular formula is C13H21NOS. The normalized spacial score (nSPS) is 13.0. The minimum atomic E-state index is 0.203. The Kier molecular flexibility index (Phi) is 6.53. The maximum Gasteiger partial charge on any atom is 0.0592 e. The Bertz CT molecular complexity index is 277. The SMILES string of the molecule is CC(C)NC(CO)CSCc1ccccc1. The smallest absolute Gasteiger partial charge is 0.0592 e. The highest BCUT2D eigenvalue weighted by atomic mass is 32.2. The molecule has 1 unspecified atom stereocenters. The predicted octanol–water partition coefficient (Wildman–Crippen LogP) is 2.28. The molecule has 0 saturated carbocycles. The van der Waals surface area contributed by atoms with E-state index in [1.54, 1.807) is 0 Å². The summed E-state index contributed by atoms with van der Waals surface area (Å²) >= 11 is 1.86. The van der Waals surface area contributed by atoms with Gasteiger partial charge in [0.25, 0.3) is 0 Å². The van der Waals surface area contributed by atoms with Crippen molar-refractivity contribution < 1.29 is 5.11 Å². The Hall–Kier alpha value is -0.510. The molecule has 0 saturated heterocycles. The van der Waals surface area contributed by atoms with Crippen molar-refractivity contribution in [3.63, 3.8) is 0 Å². The summed E-state index contributed by atoms with van der Waals surface area (Å²) in [4.78, 5) is 0. The van der Waals surface area contributed by atoms with Gasteiger partial charge in [0.1, 0.15) is 0 Å². The monoisotopic (exact) mass is 239 g/mol. The van der Waals surface area contributed by atoms with E-state index in [9.17, 15) is 5.11 Å². The molecule has 0 aromatic heterocycles. The van der Waals surface area contributed by atoms with Gasteiger partial charge in [-0.3, -0.25) is 0 Å². The average Bonchev–Trinajstić information content (AvgIpc) is 2.28. The van der Waals surface area contributed by atoms with E-state index in [1.165, 1.54) is 5.56 Å². The third-order valence-corrected chi connectivity index (χ3v) is 3.40. The fourth-order valence-corrected chi connectivity index (χ4v) is 2.55. The third kappa shape index (κ3) is 5.54. The molecule has 0 fully saturated rings. The summed E-state index contributed by atoms with van der Waals surface area (Å²) < 4.78 is 0. The van der Waals surface area contributed by atoms with Gasteiger partial charge in [0.2, 0.25) is 0 Å². The van der Waals surface area contributed by atoms with Crippen molar-refractivity contribution in [1.82, 2.24) is 5.32 Å². The van der Waals surface area contributed by atoms with Crippen molar-refractivity contribution >= 4 is 11.8 Å². The molecule has 3 heteroatoms. The van der Waals surface area contributed by atoms with Crippen LogP contribution in [0.1, 0.15) is 19.4 Å². The second-order valence-electron chi connectivity index (χ2n) is 4.20. The predicted molar refractivity (Wildman–Crippen MR) is 71.7 cm³/mol. The third-order valence-electron chi connectivity index (χ3n) is 2.22. The van der Waals surface area contributed by atoms with Gasteiger partial charge in [0.05, 0.1) is 6.61 Å². The largest absolute Gasteiger partial charge is 0.395 e. The zero-order valence-corrected chi connectivity index (χ0v) is 10.8. The van der Waals surface area contributed by atoms with Crippen LogP contribution >= 0.6 is 11.8 Å². The summed E-state index contributed by atoms with van der Waals surface area (Å²) in [6.45, 7) is 4.41. The number of thioether (sulfide) groups is 1. The molecule has 1 aromatic carbocycles. The highest BCUT2D eigenvalue weighted by Gasteiger charge is 2.08. The quantitative estimate of drug-likeness (QED) is 0.765. The van der Waals surface area contributed by atoms with Crippen molar-refractivity contribution in [3.05, 3.63) is 35.9 Å². The minimum absolute atomic E-state index is 0.203. The molecule has 0 bridgehead atoms. The molecule has 0 aliphatic rings. The number of aliphatic hydroxyl groups excluding tert-OH is 1. The van der Waals surface area contributed by atoms with E-state index in [0.717, 1.165) is 11.5 Å². The van der Waals surface area contributed by atoms with E-state index < -0.39 is 0 Å². The van der Waals surface area contributed by atoms with Crippen LogP contribution in [-0.2, 0) is 5.75 Å². The first-order chi connectivity index (χ1) is 7.72. The van der Waals surface area contributed by atoms with E-state index in [1.807, 2.05) is 17.8 Å². The van der Waals surface area contributed by atoms with Crippen LogP contribution in [0.3, 0.4) is 0 Å². The first-order valence-electron chi connectivity index (χ1n) is 5.71. The van der Waals surface area contributed by atoms with Gasteiger partial charge < -0.3 is 10.4 Å². The lowest BCUT2D eigenvalue weighted by molar-refractivity contribution is 0.247. The molecule has 90 valence electrons. The summed E-state index contributed by atoms with van der Waals surface area (Å²) in [6, 6.07) is 11.1. The Morgan fingerprint density at radius 1 is 1.25 bits per heavy atom. The Morgan fingerprint density at radius 2 is 1.94 bits per heavy atom. The second-order valence-corrected chi connectivity index (χ2v) is 5.23. The molecule has 1 atom stereocenters. The van der Waals surface area contributed by atoms with Gasteiger partial charge in [0, 0.05) is 23.6 Å². The number of rotatable bonds is 7. The zero-order valence-electron chi connectivity index (χ0n) is 10.0. The number of hydrogen-bond donors (Lipinski definition) is 2. The van der Waals surface area contributed by atoms with E-state index in [4.69, 9.17) is 0 Å². The van der Waals surface area contributed by atoms with Crippen LogP contribution in [0.4, 0.5) is 0 Å². The highest BCUT2D eigenvalue weighted by molar-refractivity contribution is 7.98. The van der Waals surface area contributed by atoms with Crippen LogP contribution in [0.5, 0.6) is 0 Å². The second kappa shape index (κ2) is 7.71. The molecule has 2 N–H and O–H groups in total. The average molecular weight is 239 g/mol. The number of hydrogen-bond acceptors (Lipinski definition) is 3. The summed E-state index contributed by atoms with van der Waals surface area (Å²) in [5, 5.41) is 12.5. The van der Waals surface area contributed by atoms with Gasteiger partial charge in [-0.25, -0.2) is 0 Å². The number of benzene rings is 1. The Labute approximate surface area is 102 Å². The molecule has 0 aliphatic heterocycles. The first kappa shape index (κ1) is 13.6. The molecule has 0 spiro atoms. The molecule has 1 aromatic rings. The van der Waals surface area contributed by atoms with Crippen molar-refractivity contribution in [2.75, 3.05) is 12.4 Å². The van der Waals surface area contributed by atoms with Crippen molar-refractivity contribution in [3.8, 4) is 0 Å². The zero-order chi connectivity index (χ0) is 11.8. The van der Waals surface area contributed by atoms with Gasteiger partial charge in [-0.15, -0.1) is 0 Å². The molecule has 16 heavy (non-hydrogen) atoms. The molecule has 2 nitrogen and oxygen atoms in total. The van der Waals surface area contributed by atoms with Crippen LogP contribution in [-0.4, -0.2) is 29.5 Å². The topological polar surface area (TPSA) is 32.3 Å². The van der Waals surface area contributed by atoms with Gasteiger partial charge in [-0.05, 0) is 5.56 Å². The van der Waals surface area contributed by atoms with Crippen LogP contribution in [0.15, 0.2) is 30.3 Å². The molecule has 0 heterocycles. The van der Waals surface area contributed by atoms with E-state index in [-0.39, 0.29) is 12.6 Å². The lowest BCUT2D eigenvalue weighted by atomic mass is 10.2. The number of nitrogens with one attached hydrogen (secondary N) is 1. The van der Waals surface area contributed by atoms with Gasteiger partial charge in [-0.1, -0.05) is 44.2 Å². The van der Waals surface area contributed by atoms with Crippen molar-refractivity contribution in [2.45, 2.75) is 31.7 Å². The Balaban J connectivity index is 2.23.